The molecule has 1 aromatic carbocycles. The average molecular weight is 428 g/mol. The Bertz CT molecular complexity index is 708. The molecule has 1 unspecified atom stereocenters. The van der Waals surface area contributed by atoms with Gasteiger partial charge in [-0.3, -0.25) is 9.78 Å². The van der Waals surface area contributed by atoms with Crippen LogP contribution in [0.3, 0.4) is 0 Å². The van der Waals surface area contributed by atoms with Gasteiger partial charge in [0, 0.05) is 28.3 Å². The van der Waals surface area contributed by atoms with E-state index in [1.165, 1.54) is 0 Å². The first kappa shape index (κ1) is 19.3. The third-order valence-corrected chi connectivity index (χ3v) is 5.52. The highest BCUT2D eigenvalue weighted by Crippen LogP contribution is 2.42. The van der Waals surface area contributed by atoms with E-state index in [1.807, 2.05) is 29.3 Å². The lowest BCUT2D eigenvalue weighted by Gasteiger charge is -2.27. The SMILES string of the molecule is CC(C)CN1C(=O)CSC1c1cccnc1-c1ccc(Br)cc1.Cl. The maximum absolute atomic E-state index is 12.3. The number of rotatable bonds is 4. The molecule has 0 spiro atoms. The summed E-state index contributed by atoms with van der Waals surface area (Å²) >= 11 is 5.16. The third-order valence-electron chi connectivity index (χ3n) is 3.75. The lowest BCUT2D eigenvalue weighted by molar-refractivity contribution is -0.128. The molecule has 2 aromatic rings. The van der Waals surface area contributed by atoms with Gasteiger partial charge >= 0.3 is 0 Å². The van der Waals surface area contributed by atoms with Gasteiger partial charge in [-0.05, 0) is 24.1 Å². The van der Waals surface area contributed by atoms with E-state index >= 15 is 0 Å². The van der Waals surface area contributed by atoms with Crippen LogP contribution in [0.4, 0.5) is 0 Å². The van der Waals surface area contributed by atoms with E-state index in [0.29, 0.717) is 11.7 Å². The van der Waals surface area contributed by atoms with Crippen molar-refractivity contribution in [3.05, 3.63) is 52.6 Å². The molecule has 24 heavy (non-hydrogen) atoms. The molecular formula is C18H20BrClN2OS. The molecule has 1 atom stereocenters. The monoisotopic (exact) mass is 426 g/mol. The standard InChI is InChI=1S/C18H19BrN2OS.ClH/c1-12(2)10-21-16(22)11-23-18(21)15-4-3-9-20-17(15)13-5-7-14(19)8-6-13;/h3-9,12,18H,10-11H2,1-2H3;1H. The van der Waals surface area contributed by atoms with Gasteiger partial charge in [0.2, 0.25) is 5.91 Å². The van der Waals surface area contributed by atoms with Gasteiger partial charge in [-0.2, -0.15) is 0 Å². The van der Waals surface area contributed by atoms with Gasteiger partial charge in [-0.15, -0.1) is 24.2 Å². The van der Waals surface area contributed by atoms with E-state index in [0.717, 1.165) is 27.8 Å². The number of hydrogen-bond acceptors (Lipinski definition) is 3. The van der Waals surface area contributed by atoms with Gasteiger partial charge in [-0.1, -0.05) is 48.0 Å². The van der Waals surface area contributed by atoms with Crippen molar-refractivity contribution in [2.75, 3.05) is 12.3 Å². The number of aromatic nitrogens is 1. The highest BCUT2D eigenvalue weighted by atomic mass is 79.9. The van der Waals surface area contributed by atoms with E-state index in [4.69, 9.17) is 0 Å². The molecule has 1 aliphatic heterocycles. The van der Waals surface area contributed by atoms with E-state index in [1.54, 1.807) is 11.8 Å². The molecule has 6 heteroatoms. The van der Waals surface area contributed by atoms with Gasteiger partial charge < -0.3 is 4.90 Å². The second kappa shape index (κ2) is 8.37. The zero-order valence-corrected chi connectivity index (χ0v) is 16.8. The summed E-state index contributed by atoms with van der Waals surface area (Å²) in [6.07, 6.45) is 1.81. The average Bonchev–Trinajstić information content (AvgIpc) is 2.88. The van der Waals surface area contributed by atoms with Crippen molar-refractivity contribution in [1.82, 2.24) is 9.88 Å². The number of halogens is 2. The number of hydrogen-bond donors (Lipinski definition) is 0. The van der Waals surface area contributed by atoms with Crippen molar-refractivity contribution in [3.63, 3.8) is 0 Å². The minimum atomic E-state index is 0. The zero-order valence-electron chi connectivity index (χ0n) is 13.6. The fourth-order valence-corrected chi connectivity index (χ4v) is 4.25. The van der Waals surface area contributed by atoms with Gasteiger partial charge in [0.25, 0.3) is 0 Å². The number of thioether (sulfide) groups is 1. The summed E-state index contributed by atoms with van der Waals surface area (Å²) < 4.78 is 1.05. The number of carbonyl (C=O) groups is 1. The van der Waals surface area contributed by atoms with Crippen molar-refractivity contribution in [2.45, 2.75) is 19.2 Å². The van der Waals surface area contributed by atoms with Crippen molar-refractivity contribution >= 4 is 46.0 Å². The summed E-state index contributed by atoms with van der Waals surface area (Å²) in [5, 5.41) is 0.0530. The largest absolute Gasteiger partial charge is 0.325 e. The highest BCUT2D eigenvalue weighted by Gasteiger charge is 2.34. The predicted molar refractivity (Wildman–Crippen MR) is 106 cm³/mol. The van der Waals surface area contributed by atoms with Crippen LogP contribution in [0.5, 0.6) is 0 Å². The highest BCUT2D eigenvalue weighted by molar-refractivity contribution is 9.10. The molecule has 1 fully saturated rings. The minimum absolute atomic E-state index is 0. The van der Waals surface area contributed by atoms with Crippen LogP contribution in [0, 0.1) is 5.92 Å². The van der Waals surface area contributed by atoms with Crippen LogP contribution in [-0.2, 0) is 4.79 Å². The Morgan fingerprint density at radius 3 is 2.67 bits per heavy atom. The van der Waals surface area contributed by atoms with Crippen molar-refractivity contribution in [2.24, 2.45) is 5.92 Å². The third kappa shape index (κ3) is 4.13. The molecule has 0 N–H and O–H groups in total. The number of benzene rings is 1. The minimum Gasteiger partial charge on any atom is -0.325 e. The Labute approximate surface area is 161 Å². The quantitative estimate of drug-likeness (QED) is 0.675. The second-order valence-electron chi connectivity index (χ2n) is 6.05. The first-order valence-electron chi connectivity index (χ1n) is 7.68. The molecule has 0 aliphatic carbocycles. The number of pyridine rings is 1. The molecule has 2 heterocycles. The first-order chi connectivity index (χ1) is 11.1. The van der Waals surface area contributed by atoms with Crippen molar-refractivity contribution in [1.29, 1.82) is 0 Å². The van der Waals surface area contributed by atoms with Crippen molar-refractivity contribution in [3.8, 4) is 11.3 Å². The Morgan fingerprint density at radius 1 is 1.29 bits per heavy atom. The molecule has 1 aromatic heterocycles. The molecule has 128 valence electrons. The van der Waals surface area contributed by atoms with Crippen LogP contribution in [0.25, 0.3) is 11.3 Å². The summed E-state index contributed by atoms with van der Waals surface area (Å²) in [6, 6.07) is 12.2. The van der Waals surface area contributed by atoms with Gasteiger partial charge in [0.1, 0.15) is 5.37 Å². The molecule has 0 saturated carbocycles. The lowest BCUT2D eigenvalue weighted by Crippen LogP contribution is -2.32. The summed E-state index contributed by atoms with van der Waals surface area (Å²) in [6.45, 7) is 5.07. The number of amides is 1. The van der Waals surface area contributed by atoms with E-state index in [-0.39, 0.29) is 23.7 Å². The summed E-state index contributed by atoms with van der Waals surface area (Å²) in [5.74, 6) is 1.22. The van der Waals surface area contributed by atoms with Crippen LogP contribution >= 0.6 is 40.1 Å². The fraction of sp³-hybridized carbons (Fsp3) is 0.333. The van der Waals surface area contributed by atoms with Crippen LogP contribution in [0.1, 0.15) is 24.8 Å². The topological polar surface area (TPSA) is 33.2 Å². The molecule has 0 radical (unpaired) electrons. The Hall–Kier alpha value is -1.04. The molecular weight excluding hydrogens is 408 g/mol. The molecule has 3 rings (SSSR count). The maximum atomic E-state index is 12.3. The Morgan fingerprint density at radius 2 is 2.00 bits per heavy atom. The molecule has 1 saturated heterocycles. The maximum Gasteiger partial charge on any atom is 0.233 e. The van der Waals surface area contributed by atoms with Crippen LogP contribution in [-0.4, -0.2) is 28.1 Å². The summed E-state index contributed by atoms with van der Waals surface area (Å²) in [4.78, 5) is 18.9. The van der Waals surface area contributed by atoms with Crippen LogP contribution in [0.15, 0.2) is 47.1 Å². The summed E-state index contributed by atoms with van der Waals surface area (Å²) in [7, 11) is 0. The normalized spacial score (nSPS) is 17.2. The van der Waals surface area contributed by atoms with Crippen LogP contribution < -0.4 is 0 Å². The number of carbonyl (C=O) groups excluding carboxylic acids is 1. The zero-order chi connectivity index (χ0) is 16.4. The van der Waals surface area contributed by atoms with E-state index in [2.05, 4.69) is 53.0 Å². The van der Waals surface area contributed by atoms with Crippen LogP contribution in [0.2, 0.25) is 0 Å². The fourth-order valence-electron chi connectivity index (χ4n) is 2.77. The van der Waals surface area contributed by atoms with Gasteiger partial charge in [-0.25, -0.2) is 0 Å². The first-order valence-corrected chi connectivity index (χ1v) is 9.52. The molecule has 1 aliphatic rings. The van der Waals surface area contributed by atoms with Gasteiger partial charge in [0.05, 0.1) is 11.4 Å². The lowest BCUT2D eigenvalue weighted by atomic mass is 10.0. The number of nitrogens with zero attached hydrogens (tertiary/aromatic N) is 2. The summed E-state index contributed by atoms with van der Waals surface area (Å²) in [5.41, 5.74) is 3.15. The van der Waals surface area contributed by atoms with E-state index < -0.39 is 0 Å². The predicted octanol–water partition coefficient (Wildman–Crippen LogP) is 5.16. The molecule has 1 amide bonds. The van der Waals surface area contributed by atoms with E-state index in [9.17, 15) is 4.79 Å². The Kier molecular flexibility index (Phi) is 6.72. The van der Waals surface area contributed by atoms with Crippen molar-refractivity contribution < 1.29 is 4.79 Å². The smallest absolute Gasteiger partial charge is 0.233 e. The van der Waals surface area contributed by atoms with Gasteiger partial charge in [0.15, 0.2) is 0 Å². The second-order valence-corrected chi connectivity index (χ2v) is 8.04. The molecule has 3 nitrogen and oxygen atoms in total. The molecule has 0 bridgehead atoms. The Balaban J connectivity index is 0.00000208.